The van der Waals surface area contributed by atoms with Gasteiger partial charge in [0, 0.05) is 0 Å². The van der Waals surface area contributed by atoms with Gasteiger partial charge in [-0.1, -0.05) is 6.92 Å². The number of aryl methyl sites for hydroxylation is 1. The lowest BCUT2D eigenvalue weighted by Gasteiger charge is -2.22. The third-order valence-corrected chi connectivity index (χ3v) is 6.50. The highest BCUT2D eigenvalue weighted by Crippen LogP contribution is 2.29. The van der Waals surface area contributed by atoms with E-state index in [0.717, 1.165) is 32.4 Å². The van der Waals surface area contributed by atoms with Crippen molar-refractivity contribution in [1.29, 1.82) is 0 Å². The first-order valence-electron chi connectivity index (χ1n) is 7.03. The third-order valence-electron chi connectivity index (χ3n) is 3.97. The molecule has 1 N–H and O–H groups in total. The van der Waals surface area contributed by atoms with E-state index >= 15 is 0 Å². The molecule has 2 unspecified atom stereocenters. The molecule has 0 aromatic carbocycles. The zero-order valence-electron chi connectivity index (χ0n) is 11.5. The Hall–Kier alpha value is -0.390. The van der Waals surface area contributed by atoms with Crippen LogP contribution in [0, 0.1) is 11.8 Å². The Bertz CT molecular complexity index is 468. The molecule has 0 saturated carbocycles. The number of sulfone groups is 1. The number of hydrogen-bond donors (Lipinski definition) is 1. The maximum absolute atomic E-state index is 11.6. The second kappa shape index (κ2) is 6.86. The first kappa shape index (κ1) is 15.0. The van der Waals surface area contributed by atoms with Gasteiger partial charge in [0.05, 0.1) is 11.5 Å². The molecule has 1 fully saturated rings. The second-order valence-electron chi connectivity index (χ2n) is 5.40. The van der Waals surface area contributed by atoms with E-state index in [9.17, 15) is 8.42 Å². The Kier molecular flexibility index (Phi) is 5.42. The first-order chi connectivity index (χ1) is 9.11. The van der Waals surface area contributed by atoms with Crippen molar-refractivity contribution in [2.45, 2.75) is 26.2 Å². The minimum absolute atomic E-state index is 0.350. The van der Waals surface area contributed by atoms with Gasteiger partial charge < -0.3 is 5.32 Å². The Morgan fingerprint density at radius 3 is 2.95 bits per heavy atom. The molecule has 1 aliphatic heterocycles. The average molecular weight is 301 g/mol. The maximum atomic E-state index is 11.6. The molecule has 108 valence electrons. The van der Waals surface area contributed by atoms with Gasteiger partial charge in [0.15, 0.2) is 9.84 Å². The van der Waals surface area contributed by atoms with Gasteiger partial charge in [-0.05, 0) is 66.6 Å². The molecular formula is C14H23NO2S2. The molecule has 1 aromatic heterocycles. The molecular weight excluding hydrogens is 278 g/mol. The fourth-order valence-electron chi connectivity index (χ4n) is 2.82. The molecule has 0 radical (unpaired) electrons. The predicted octanol–water partition coefficient (Wildman–Crippen LogP) is 2.34. The molecule has 1 aliphatic rings. The number of thiophene rings is 1. The summed E-state index contributed by atoms with van der Waals surface area (Å²) in [6.07, 6.45) is 3.00. The number of rotatable bonds is 7. The Morgan fingerprint density at radius 2 is 2.37 bits per heavy atom. The fraction of sp³-hybridized carbons (Fsp3) is 0.714. The summed E-state index contributed by atoms with van der Waals surface area (Å²) in [7, 11) is -2.76. The van der Waals surface area contributed by atoms with Crippen LogP contribution in [0.2, 0.25) is 0 Å². The normalized spacial score (nSPS) is 23.5. The number of hydrogen-bond acceptors (Lipinski definition) is 4. The van der Waals surface area contributed by atoms with Crippen LogP contribution >= 0.6 is 11.3 Å². The average Bonchev–Trinajstić information content (AvgIpc) is 2.99. The lowest BCUT2D eigenvalue weighted by atomic mass is 9.87. The Labute approximate surface area is 120 Å². The van der Waals surface area contributed by atoms with Gasteiger partial charge in [-0.3, -0.25) is 0 Å². The van der Waals surface area contributed by atoms with E-state index in [0.29, 0.717) is 23.3 Å². The van der Waals surface area contributed by atoms with Crippen LogP contribution in [0.25, 0.3) is 0 Å². The standard InChI is InChI=1S/C14H23NO2S2/c1-2-15-9-13(4-3-12-5-7-18-10-12)14-6-8-19(16,17)11-14/h5,7,10,13-15H,2-4,6,8-9,11H2,1H3. The molecule has 3 nitrogen and oxygen atoms in total. The smallest absolute Gasteiger partial charge is 0.150 e. The topological polar surface area (TPSA) is 46.2 Å². The summed E-state index contributed by atoms with van der Waals surface area (Å²) in [5.74, 6) is 1.62. The largest absolute Gasteiger partial charge is 0.317 e. The quantitative estimate of drug-likeness (QED) is 0.841. The van der Waals surface area contributed by atoms with E-state index in [1.54, 1.807) is 11.3 Å². The van der Waals surface area contributed by atoms with E-state index in [-0.39, 0.29) is 0 Å². The maximum Gasteiger partial charge on any atom is 0.150 e. The van der Waals surface area contributed by atoms with Crippen molar-refractivity contribution in [3.8, 4) is 0 Å². The highest BCUT2D eigenvalue weighted by atomic mass is 32.2. The summed E-state index contributed by atoms with van der Waals surface area (Å²) in [6.45, 7) is 4.00. The Balaban J connectivity index is 1.91. The zero-order valence-corrected chi connectivity index (χ0v) is 13.1. The summed E-state index contributed by atoms with van der Waals surface area (Å²) in [4.78, 5) is 0. The van der Waals surface area contributed by atoms with Crippen molar-refractivity contribution in [1.82, 2.24) is 5.32 Å². The molecule has 1 saturated heterocycles. The van der Waals surface area contributed by atoms with Crippen molar-refractivity contribution >= 4 is 21.2 Å². The van der Waals surface area contributed by atoms with Crippen molar-refractivity contribution in [2.24, 2.45) is 11.8 Å². The van der Waals surface area contributed by atoms with Gasteiger partial charge in [0.1, 0.15) is 0 Å². The summed E-state index contributed by atoms with van der Waals surface area (Å²) >= 11 is 1.73. The minimum Gasteiger partial charge on any atom is -0.317 e. The highest BCUT2D eigenvalue weighted by Gasteiger charge is 2.33. The first-order valence-corrected chi connectivity index (χ1v) is 9.79. The molecule has 2 atom stereocenters. The van der Waals surface area contributed by atoms with Crippen LogP contribution in [0.15, 0.2) is 16.8 Å². The van der Waals surface area contributed by atoms with E-state index in [4.69, 9.17) is 0 Å². The van der Waals surface area contributed by atoms with E-state index in [1.807, 2.05) is 0 Å². The molecule has 2 heterocycles. The van der Waals surface area contributed by atoms with Crippen LogP contribution in [0.1, 0.15) is 25.3 Å². The van der Waals surface area contributed by atoms with Gasteiger partial charge in [-0.2, -0.15) is 11.3 Å². The molecule has 0 amide bonds. The molecule has 5 heteroatoms. The van der Waals surface area contributed by atoms with Crippen molar-refractivity contribution < 1.29 is 8.42 Å². The predicted molar refractivity (Wildman–Crippen MR) is 81.4 cm³/mol. The summed E-state index contributed by atoms with van der Waals surface area (Å²) in [6, 6.07) is 2.17. The molecule has 19 heavy (non-hydrogen) atoms. The summed E-state index contributed by atoms with van der Waals surface area (Å²) < 4.78 is 23.3. The van der Waals surface area contributed by atoms with Crippen molar-refractivity contribution in [3.05, 3.63) is 22.4 Å². The second-order valence-corrected chi connectivity index (χ2v) is 8.41. The van der Waals surface area contributed by atoms with Crippen LogP contribution in [-0.2, 0) is 16.3 Å². The van der Waals surface area contributed by atoms with Crippen LogP contribution in [0.5, 0.6) is 0 Å². The third kappa shape index (κ3) is 4.58. The molecule has 1 aromatic rings. The van der Waals surface area contributed by atoms with Crippen LogP contribution in [0.4, 0.5) is 0 Å². The lowest BCUT2D eigenvalue weighted by Crippen LogP contribution is -2.29. The van der Waals surface area contributed by atoms with Gasteiger partial charge in [0.2, 0.25) is 0 Å². The fourth-order valence-corrected chi connectivity index (χ4v) is 5.44. The zero-order chi connectivity index (χ0) is 13.7. The van der Waals surface area contributed by atoms with E-state index in [2.05, 4.69) is 29.1 Å². The summed E-state index contributed by atoms with van der Waals surface area (Å²) in [5.41, 5.74) is 1.38. The van der Waals surface area contributed by atoms with Gasteiger partial charge >= 0.3 is 0 Å². The summed E-state index contributed by atoms with van der Waals surface area (Å²) in [5, 5.41) is 7.69. The minimum atomic E-state index is -2.76. The van der Waals surface area contributed by atoms with Crippen molar-refractivity contribution in [3.63, 3.8) is 0 Å². The highest BCUT2D eigenvalue weighted by molar-refractivity contribution is 7.91. The van der Waals surface area contributed by atoms with E-state index in [1.165, 1.54) is 5.56 Å². The molecule has 2 rings (SSSR count). The van der Waals surface area contributed by atoms with Crippen LogP contribution in [-0.4, -0.2) is 33.0 Å². The molecule has 0 aliphatic carbocycles. The number of nitrogens with one attached hydrogen (secondary N) is 1. The lowest BCUT2D eigenvalue weighted by molar-refractivity contribution is 0.328. The SMILES string of the molecule is CCNCC(CCc1ccsc1)C1CCS(=O)(=O)C1. The van der Waals surface area contributed by atoms with Crippen LogP contribution < -0.4 is 5.32 Å². The van der Waals surface area contributed by atoms with Crippen molar-refractivity contribution in [2.75, 3.05) is 24.6 Å². The van der Waals surface area contributed by atoms with Gasteiger partial charge in [-0.25, -0.2) is 8.42 Å². The van der Waals surface area contributed by atoms with Crippen LogP contribution in [0.3, 0.4) is 0 Å². The van der Waals surface area contributed by atoms with E-state index < -0.39 is 9.84 Å². The van der Waals surface area contributed by atoms with Gasteiger partial charge in [0.25, 0.3) is 0 Å². The Morgan fingerprint density at radius 1 is 1.53 bits per heavy atom. The van der Waals surface area contributed by atoms with Gasteiger partial charge in [-0.15, -0.1) is 0 Å². The molecule has 0 bridgehead atoms. The molecule has 0 spiro atoms. The monoisotopic (exact) mass is 301 g/mol.